The van der Waals surface area contributed by atoms with Crippen LogP contribution in [-0.4, -0.2) is 40.3 Å². The molecule has 1 aromatic heterocycles. The fraction of sp³-hybridized carbons (Fsp3) is 0.750. The summed E-state index contributed by atoms with van der Waals surface area (Å²) < 4.78 is 11.0. The zero-order chi connectivity index (χ0) is 14.5. The average Bonchev–Trinajstić information content (AvgIpc) is 2.81. The highest BCUT2D eigenvalue weighted by molar-refractivity contribution is 5.35. The minimum Gasteiger partial charge on any atom is -0.461 e. The van der Waals surface area contributed by atoms with Gasteiger partial charge in [-0.05, 0) is 27.2 Å². The number of hydrogen-bond acceptors (Lipinski definition) is 8. The maximum atomic E-state index is 5.52. The Balaban J connectivity index is 2.02. The summed E-state index contributed by atoms with van der Waals surface area (Å²) in [6.07, 6.45) is 1.28. The second-order valence-corrected chi connectivity index (χ2v) is 5.08. The third-order valence-corrected chi connectivity index (χ3v) is 3.14. The molecule has 0 saturated carbocycles. The molecule has 1 aliphatic rings. The molecule has 2 unspecified atom stereocenters. The predicted molar refractivity (Wildman–Crippen MR) is 75.4 cm³/mol. The molecule has 1 aromatic rings. The molecule has 112 valence electrons. The molecule has 8 nitrogen and oxygen atoms in total. The Hall–Kier alpha value is -1.67. The molecule has 0 radical (unpaired) electrons. The van der Waals surface area contributed by atoms with E-state index in [4.69, 9.17) is 15.3 Å². The van der Waals surface area contributed by atoms with Crippen molar-refractivity contribution in [3.05, 3.63) is 0 Å². The van der Waals surface area contributed by atoms with Crippen molar-refractivity contribution in [1.82, 2.24) is 15.0 Å². The number of rotatable bonds is 6. The summed E-state index contributed by atoms with van der Waals surface area (Å²) in [6, 6.07) is 0.251. The monoisotopic (exact) mass is 282 g/mol. The van der Waals surface area contributed by atoms with Gasteiger partial charge in [0.1, 0.15) is 0 Å². The molecule has 0 aromatic carbocycles. The molecule has 4 N–H and O–H groups in total. The first kappa shape index (κ1) is 14.7. The number of anilines is 2. The number of nitrogen functional groups attached to an aromatic ring is 1. The van der Waals surface area contributed by atoms with E-state index in [1.54, 1.807) is 0 Å². The van der Waals surface area contributed by atoms with E-state index in [1.165, 1.54) is 0 Å². The van der Waals surface area contributed by atoms with Crippen LogP contribution in [0.25, 0.3) is 0 Å². The number of ether oxygens (including phenoxy) is 2. The van der Waals surface area contributed by atoms with Gasteiger partial charge in [-0.15, -0.1) is 0 Å². The van der Waals surface area contributed by atoms with E-state index in [0.29, 0.717) is 11.9 Å². The molecule has 2 rings (SSSR count). The van der Waals surface area contributed by atoms with Gasteiger partial charge in [-0.2, -0.15) is 15.0 Å². The van der Waals surface area contributed by atoms with Crippen LogP contribution in [0.2, 0.25) is 0 Å². The molecule has 0 aliphatic carbocycles. The normalized spacial score (nSPS) is 22.1. The van der Waals surface area contributed by atoms with Crippen LogP contribution in [0.1, 0.15) is 27.2 Å². The number of hydrogen-bond donors (Lipinski definition) is 3. The largest absolute Gasteiger partial charge is 0.461 e. The molecule has 1 fully saturated rings. The summed E-state index contributed by atoms with van der Waals surface area (Å²) in [6.45, 7) is 7.44. The number of nitrogens with two attached hydrogens (primary N) is 1. The first-order valence-electron chi connectivity index (χ1n) is 6.83. The Bertz CT molecular complexity index is 442. The van der Waals surface area contributed by atoms with E-state index in [1.807, 2.05) is 13.8 Å². The number of nitrogens with one attached hydrogen (secondary N) is 2. The molecule has 20 heavy (non-hydrogen) atoms. The Morgan fingerprint density at radius 3 is 2.70 bits per heavy atom. The smallest absolute Gasteiger partial charge is 0.323 e. The first-order valence-corrected chi connectivity index (χ1v) is 6.83. The SMILES string of the molecule is CC(C)Oc1nc(NN)nc(NCC2CCOC2C)n1. The van der Waals surface area contributed by atoms with E-state index in [-0.39, 0.29) is 24.2 Å². The lowest BCUT2D eigenvalue weighted by atomic mass is 10.0. The lowest BCUT2D eigenvalue weighted by Gasteiger charge is -2.15. The van der Waals surface area contributed by atoms with E-state index in [2.05, 4.69) is 32.6 Å². The first-order chi connectivity index (χ1) is 9.58. The van der Waals surface area contributed by atoms with Gasteiger partial charge in [0.15, 0.2) is 0 Å². The fourth-order valence-electron chi connectivity index (χ4n) is 2.03. The van der Waals surface area contributed by atoms with Gasteiger partial charge in [0.05, 0.1) is 12.2 Å². The van der Waals surface area contributed by atoms with Gasteiger partial charge in [-0.3, -0.25) is 5.43 Å². The van der Waals surface area contributed by atoms with Gasteiger partial charge in [-0.1, -0.05) is 0 Å². The van der Waals surface area contributed by atoms with Crippen LogP contribution in [0.15, 0.2) is 0 Å². The molecule has 2 heterocycles. The molecule has 1 aliphatic heterocycles. The van der Waals surface area contributed by atoms with E-state index < -0.39 is 0 Å². The highest BCUT2D eigenvalue weighted by Crippen LogP contribution is 2.21. The van der Waals surface area contributed by atoms with Crippen molar-refractivity contribution in [3.63, 3.8) is 0 Å². The number of hydrazine groups is 1. The van der Waals surface area contributed by atoms with Crippen molar-refractivity contribution in [2.45, 2.75) is 39.4 Å². The summed E-state index contributed by atoms with van der Waals surface area (Å²) in [7, 11) is 0. The highest BCUT2D eigenvalue weighted by atomic mass is 16.5. The van der Waals surface area contributed by atoms with Gasteiger partial charge in [0, 0.05) is 19.1 Å². The maximum Gasteiger partial charge on any atom is 0.323 e. The van der Waals surface area contributed by atoms with Crippen molar-refractivity contribution in [2.75, 3.05) is 23.9 Å². The minimum absolute atomic E-state index is 0.0147. The Morgan fingerprint density at radius 1 is 1.35 bits per heavy atom. The summed E-state index contributed by atoms with van der Waals surface area (Å²) in [5, 5.41) is 3.19. The third-order valence-electron chi connectivity index (χ3n) is 3.14. The molecular formula is C12H22N6O2. The minimum atomic E-state index is -0.0147. The van der Waals surface area contributed by atoms with Crippen molar-refractivity contribution in [1.29, 1.82) is 0 Å². The summed E-state index contributed by atoms with van der Waals surface area (Å²) in [5.74, 6) is 6.53. The highest BCUT2D eigenvalue weighted by Gasteiger charge is 2.24. The molecule has 0 spiro atoms. The lowest BCUT2D eigenvalue weighted by molar-refractivity contribution is 0.108. The summed E-state index contributed by atoms with van der Waals surface area (Å²) in [5.41, 5.74) is 2.41. The second-order valence-electron chi connectivity index (χ2n) is 5.08. The van der Waals surface area contributed by atoms with Gasteiger partial charge in [0.25, 0.3) is 0 Å². The standard InChI is InChI=1S/C12H22N6O2/c1-7(2)20-12-16-10(15-11(17-12)18-13)14-6-9-4-5-19-8(9)3/h7-9H,4-6,13H2,1-3H3,(H2,14,15,16,17,18). The third kappa shape index (κ3) is 3.91. The van der Waals surface area contributed by atoms with Crippen molar-refractivity contribution in [3.8, 4) is 6.01 Å². The quantitative estimate of drug-likeness (QED) is 0.519. The number of nitrogens with zero attached hydrogens (tertiary/aromatic N) is 3. The summed E-state index contributed by atoms with van der Waals surface area (Å²) >= 11 is 0. The van der Waals surface area contributed by atoms with Gasteiger partial charge in [0.2, 0.25) is 11.9 Å². The maximum absolute atomic E-state index is 5.52. The van der Waals surface area contributed by atoms with Crippen LogP contribution in [0, 0.1) is 5.92 Å². The van der Waals surface area contributed by atoms with Gasteiger partial charge in [-0.25, -0.2) is 5.84 Å². The van der Waals surface area contributed by atoms with Crippen molar-refractivity contribution < 1.29 is 9.47 Å². The Labute approximate surface area is 118 Å². The topological polar surface area (TPSA) is 107 Å². The van der Waals surface area contributed by atoms with E-state index in [0.717, 1.165) is 19.6 Å². The molecule has 1 saturated heterocycles. The van der Waals surface area contributed by atoms with Gasteiger partial charge < -0.3 is 14.8 Å². The molecule has 0 amide bonds. The van der Waals surface area contributed by atoms with Crippen LogP contribution >= 0.6 is 0 Å². The predicted octanol–water partition coefficient (Wildman–Crippen LogP) is 0.781. The number of aromatic nitrogens is 3. The molecule has 8 heteroatoms. The van der Waals surface area contributed by atoms with Crippen LogP contribution in [0.4, 0.5) is 11.9 Å². The summed E-state index contributed by atoms with van der Waals surface area (Å²) in [4.78, 5) is 12.4. The van der Waals surface area contributed by atoms with Crippen molar-refractivity contribution in [2.24, 2.45) is 11.8 Å². The van der Waals surface area contributed by atoms with E-state index >= 15 is 0 Å². The lowest BCUT2D eigenvalue weighted by Crippen LogP contribution is -2.22. The van der Waals surface area contributed by atoms with E-state index in [9.17, 15) is 0 Å². The average molecular weight is 282 g/mol. The zero-order valence-electron chi connectivity index (χ0n) is 12.1. The van der Waals surface area contributed by atoms with Crippen LogP contribution in [0.3, 0.4) is 0 Å². The zero-order valence-corrected chi connectivity index (χ0v) is 12.1. The van der Waals surface area contributed by atoms with Crippen LogP contribution < -0.4 is 21.3 Å². The van der Waals surface area contributed by atoms with Crippen LogP contribution in [0.5, 0.6) is 6.01 Å². The Kier molecular flexibility index (Phi) is 4.91. The second kappa shape index (κ2) is 6.67. The molecular weight excluding hydrogens is 260 g/mol. The molecule has 0 bridgehead atoms. The molecule has 2 atom stereocenters. The van der Waals surface area contributed by atoms with Gasteiger partial charge >= 0.3 is 6.01 Å². The van der Waals surface area contributed by atoms with Crippen LogP contribution in [-0.2, 0) is 4.74 Å². The van der Waals surface area contributed by atoms with Crippen molar-refractivity contribution >= 4 is 11.9 Å². The Morgan fingerprint density at radius 2 is 2.10 bits per heavy atom. The fourth-order valence-corrected chi connectivity index (χ4v) is 2.03.